The van der Waals surface area contributed by atoms with E-state index < -0.39 is 5.82 Å². The zero-order valence-corrected chi connectivity index (χ0v) is 16.7. The number of anilines is 2. The van der Waals surface area contributed by atoms with Crippen molar-refractivity contribution in [3.8, 4) is 5.75 Å². The standard InChI is InChI=1S/C21H26FN5O2/c1-16-14-19(24-21(23-16)27-8-4-5-9-27)25-10-12-26(13-11-25)20(28)15-29-18-7-3-2-6-17(18)22/h2-3,6-7,14H,4-5,8-13,15H2,1H3. The molecule has 0 unspecified atom stereocenters. The fourth-order valence-corrected chi connectivity index (χ4v) is 3.73. The average molecular weight is 399 g/mol. The highest BCUT2D eigenvalue weighted by molar-refractivity contribution is 5.78. The van der Waals surface area contributed by atoms with Gasteiger partial charge < -0.3 is 19.4 Å². The van der Waals surface area contributed by atoms with Crippen LogP contribution in [0, 0.1) is 12.7 Å². The molecule has 2 aromatic rings. The summed E-state index contributed by atoms with van der Waals surface area (Å²) in [4.78, 5) is 28.0. The molecule has 0 N–H and O–H groups in total. The molecular formula is C21H26FN5O2. The Kier molecular flexibility index (Phi) is 5.78. The lowest BCUT2D eigenvalue weighted by atomic mass is 10.3. The third-order valence-electron chi connectivity index (χ3n) is 5.36. The summed E-state index contributed by atoms with van der Waals surface area (Å²) in [5, 5.41) is 0. The predicted molar refractivity (Wildman–Crippen MR) is 109 cm³/mol. The summed E-state index contributed by atoms with van der Waals surface area (Å²) < 4.78 is 19.0. The second kappa shape index (κ2) is 8.63. The molecule has 1 aromatic carbocycles. The molecule has 2 saturated heterocycles. The highest BCUT2D eigenvalue weighted by Gasteiger charge is 2.24. The molecule has 8 heteroatoms. The highest BCUT2D eigenvalue weighted by Crippen LogP contribution is 2.22. The molecular weight excluding hydrogens is 373 g/mol. The lowest BCUT2D eigenvalue weighted by Crippen LogP contribution is -2.50. The van der Waals surface area contributed by atoms with Crippen LogP contribution in [0.3, 0.4) is 0 Å². The van der Waals surface area contributed by atoms with E-state index >= 15 is 0 Å². The molecule has 0 bridgehead atoms. The van der Waals surface area contributed by atoms with Crippen molar-refractivity contribution in [1.82, 2.24) is 14.9 Å². The number of halogens is 1. The Morgan fingerprint density at radius 2 is 1.76 bits per heavy atom. The van der Waals surface area contributed by atoms with Gasteiger partial charge in [0.25, 0.3) is 5.91 Å². The van der Waals surface area contributed by atoms with Gasteiger partial charge in [-0.15, -0.1) is 0 Å². The molecule has 7 nitrogen and oxygen atoms in total. The van der Waals surface area contributed by atoms with Gasteiger partial charge in [-0.1, -0.05) is 12.1 Å². The number of hydrogen-bond acceptors (Lipinski definition) is 6. The Balaban J connectivity index is 1.33. The molecule has 154 valence electrons. The first-order chi connectivity index (χ1) is 14.1. The summed E-state index contributed by atoms with van der Waals surface area (Å²) in [6.45, 7) is 6.41. The van der Waals surface area contributed by atoms with Crippen molar-refractivity contribution in [1.29, 1.82) is 0 Å². The number of para-hydroxylation sites is 1. The summed E-state index contributed by atoms with van der Waals surface area (Å²) in [6, 6.07) is 8.11. The summed E-state index contributed by atoms with van der Waals surface area (Å²) in [6.07, 6.45) is 2.37. The first-order valence-corrected chi connectivity index (χ1v) is 10.1. The Labute approximate surface area is 170 Å². The molecule has 1 amide bonds. The van der Waals surface area contributed by atoms with E-state index in [2.05, 4.69) is 14.8 Å². The lowest BCUT2D eigenvalue weighted by molar-refractivity contribution is -0.133. The van der Waals surface area contributed by atoms with Gasteiger partial charge in [-0.3, -0.25) is 4.79 Å². The number of carbonyl (C=O) groups excluding carboxylic acids is 1. The minimum Gasteiger partial charge on any atom is -0.481 e. The number of rotatable bonds is 5. The van der Waals surface area contributed by atoms with Crippen molar-refractivity contribution < 1.29 is 13.9 Å². The van der Waals surface area contributed by atoms with Gasteiger partial charge in [0.15, 0.2) is 18.2 Å². The molecule has 0 radical (unpaired) electrons. The van der Waals surface area contributed by atoms with E-state index in [9.17, 15) is 9.18 Å². The molecule has 3 heterocycles. The molecule has 2 fully saturated rings. The zero-order chi connectivity index (χ0) is 20.2. The summed E-state index contributed by atoms with van der Waals surface area (Å²) in [7, 11) is 0. The van der Waals surface area contributed by atoms with Gasteiger partial charge in [0.1, 0.15) is 5.82 Å². The topological polar surface area (TPSA) is 61.8 Å². The highest BCUT2D eigenvalue weighted by atomic mass is 19.1. The van der Waals surface area contributed by atoms with E-state index in [1.54, 1.807) is 17.0 Å². The number of aromatic nitrogens is 2. The fourth-order valence-electron chi connectivity index (χ4n) is 3.73. The Hall–Kier alpha value is -2.90. The maximum atomic E-state index is 13.6. The van der Waals surface area contributed by atoms with Gasteiger partial charge in [-0.25, -0.2) is 9.37 Å². The number of ether oxygens (including phenoxy) is 1. The Bertz CT molecular complexity index is 864. The zero-order valence-electron chi connectivity index (χ0n) is 16.7. The number of amides is 1. The number of aryl methyl sites for hydroxylation is 1. The number of piperazine rings is 1. The van der Waals surface area contributed by atoms with Crippen LogP contribution in [0.15, 0.2) is 30.3 Å². The third kappa shape index (κ3) is 4.58. The van der Waals surface area contributed by atoms with Crippen LogP contribution in [0.25, 0.3) is 0 Å². The molecule has 0 saturated carbocycles. The molecule has 2 aliphatic rings. The number of nitrogens with zero attached hydrogens (tertiary/aromatic N) is 5. The fraction of sp³-hybridized carbons (Fsp3) is 0.476. The largest absolute Gasteiger partial charge is 0.481 e. The van der Waals surface area contributed by atoms with Crippen molar-refractivity contribution in [2.24, 2.45) is 0 Å². The normalized spacial score (nSPS) is 17.0. The molecule has 0 aliphatic carbocycles. The van der Waals surface area contributed by atoms with E-state index in [1.165, 1.54) is 25.0 Å². The van der Waals surface area contributed by atoms with Crippen LogP contribution in [-0.2, 0) is 4.79 Å². The SMILES string of the molecule is Cc1cc(N2CCN(C(=O)COc3ccccc3F)CC2)nc(N2CCCC2)n1. The van der Waals surface area contributed by atoms with Gasteiger partial charge in [-0.2, -0.15) is 4.98 Å². The van der Waals surface area contributed by atoms with Gasteiger partial charge in [0, 0.05) is 51.0 Å². The van der Waals surface area contributed by atoms with E-state index in [1.807, 2.05) is 13.0 Å². The molecule has 4 rings (SSSR count). The minimum atomic E-state index is -0.460. The smallest absolute Gasteiger partial charge is 0.260 e. The molecule has 0 spiro atoms. The van der Waals surface area contributed by atoms with Crippen molar-refractivity contribution in [2.75, 3.05) is 55.7 Å². The number of benzene rings is 1. The van der Waals surface area contributed by atoms with Crippen LogP contribution in [0.5, 0.6) is 5.75 Å². The van der Waals surface area contributed by atoms with E-state index in [0.717, 1.165) is 30.5 Å². The minimum absolute atomic E-state index is 0.102. The number of carbonyl (C=O) groups is 1. The van der Waals surface area contributed by atoms with Crippen molar-refractivity contribution in [2.45, 2.75) is 19.8 Å². The van der Waals surface area contributed by atoms with Crippen LogP contribution in [0.1, 0.15) is 18.5 Å². The second-order valence-electron chi connectivity index (χ2n) is 7.45. The lowest BCUT2D eigenvalue weighted by Gasteiger charge is -2.35. The van der Waals surface area contributed by atoms with E-state index in [4.69, 9.17) is 9.72 Å². The van der Waals surface area contributed by atoms with Crippen LogP contribution in [0.2, 0.25) is 0 Å². The van der Waals surface area contributed by atoms with Gasteiger partial charge in [-0.05, 0) is 31.9 Å². The first-order valence-electron chi connectivity index (χ1n) is 10.1. The third-order valence-corrected chi connectivity index (χ3v) is 5.36. The molecule has 1 aromatic heterocycles. The second-order valence-corrected chi connectivity index (χ2v) is 7.45. The van der Waals surface area contributed by atoms with Gasteiger partial charge >= 0.3 is 0 Å². The number of hydrogen-bond donors (Lipinski definition) is 0. The summed E-state index contributed by atoms with van der Waals surface area (Å²) >= 11 is 0. The summed E-state index contributed by atoms with van der Waals surface area (Å²) in [5.74, 6) is 1.22. The van der Waals surface area contributed by atoms with E-state index in [-0.39, 0.29) is 18.3 Å². The maximum Gasteiger partial charge on any atom is 0.260 e. The summed E-state index contributed by atoms with van der Waals surface area (Å²) in [5.41, 5.74) is 0.952. The van der Waals surface area contributed by atoms with E-state index in [0.29, 0.717) is 26.2 Å². The quantitative estimate of drug-likeness (QED) is 0.769. The van der Waals surface area contributed by atoms with Crippen LogP contribution in [-0.4, -0.2) is 66.7 Å². The predicted octanol–water partition coefficient (Wildman–Crippen LogP) is 2.25. The van der Waals surface area contributed by atoms with Crippen LogP contribution >= 0.6 is 0 Å². The Morgan fingerprint density at radius 3 is 2.48 bits per heavy atom. The van der Waals surface area contributed by atoms with Crippen molar-refractivity contribution in [3.63, 3.8) is 0 Å². The molecule has 0 atom stereocenters. The molecule has 2 aliphatic heterocycles. The Morgan fingerprint density at radius 1 is 1.03 bits per heavy atom. The van der Waals surface area contributed by atoms with Crippen molar-refractivity contribution >= 4 is 17.7 Å². The average Bonchev–Trinajstić information content (AvgIpc) is 3.28. The van der Waals surface area contributed by atoms with Crippen molar-refractivity contribution in [3.05, 3.63) is 41.8 Å². The molecule has 29 heavy (non-hydrogen) atoms. The van der Waals surface area contributed by atoms with Crippen LogP contribution in [0.4, 0.5) is 16.2 Å². The maximum absolute atomic E-state index is 13.6. The van der Waals surface area contributed by atoms with Crippen LogP contribution < -0.4 is 14.5 Å². The van der Waals surface area contributed by atoms with Gasteiger partial charge in [0.2, 0.25) is 5.95 Å². The monoisotopic (exact) mass is 399 g/mol. The first kappa shape index (κ1) is 19.4. The van der Waals surface area contributed by atoms with Gasteiger partial charge in [0.05, 0.1) is 0 Å².